The lowest BCUT2D eigenvalue weighted by atomic mass is 10.1. The van der Waals surface area contributed by atoms with E-state index < -0.39 is 0 Å². The van der Waals surface area contributed by atoms with Gasteiger partial charge in [-0.05, 0) is 42.5 Å². The molecule has 0 bridgehead atoms. The molecule has 3 heterocycles. The molecule has 0 saturated carbocycles. The van der Waals surface area contributed by atoms with Gasteiger partial charge in [-0.2, -0.15) is 0 Å². The molecule has 0 spiro atoms. The Kier molecular flexibility index (Phi) is 3.31. The second-order valence-corrected chi connectivity index (χ2v) is 9.65. The maximum absolute atomic E-state index is 6.11. The molecule has 0 saturated heterocycles. The summed E-state index contributed by atoms with van der Waals surface area (Å²) in [5.41, 5.74) is 5.51. The van der Waals surface area contributed by atoms with Crippen LogP contribution in [0.25, 0.3) is 69.6 Å². The van der Waals surface area contributed by atoms with E-state index in [0.717, 1.165) is 27.6 Å². The van der Waals surface area contributed by atoms with Crippen molar-refractivity contribution in [2.75, 3.05) is 0 Å². The Labute approximate surface area is 192 Å². The highest BCUT2D eigenvalue weighted by atomic mass is 32.1. The van der Waals surface area contributed by atoms with Crippen LogP contribution in [0, 0.1) is 0 Å². The van der Waals surface area contributed by atoms with Gasteiger partial charge >= 0.3 is 0 Å². The number of thiophene rings is 1. The first-order valence-electron chi connectivity index (χ1n) is 11.1. The molecular formula is C30H17NOS. The van der Waals surface area contributed by atoms with E-state index in [1.165, 1.54) is 42.0 Å². The molecule has 5 aromatic carbocycles. The van der Waals surface area contributed by atoms with E-state index in [4.69, 9.17) is 4.42 Å². The van der Waals surface area contributed by atoms with Crippen LogP contribution in [0.15, 0.2) is 108 Å². The molecule has 8 rings (SSSR count). The summed E-state index contributed by atoms with van der Waals surface area (Å²) in [5, 5.41) is 7.53. The van der Waals surface area contributed by atoms with E-state index in [9.17, 15) is 0 Å². The Bertz CT molecular complexity index is 2040. The summed E-state index contributed by atoms with van der Waals surface area (Å²) < 4.78 is 11.2. The number of para-hydroxylation sites is 2. The number of benzene rings is 5. The summed E-state index contributed by atoms with van der Waals surface area (Å²) in [6.07, 6.45) is 0. The van der Waals surface area contributed by atoms with Crippen molar-refractivity contribution in [1.82, 2.24) is 4.57 Å². The van der Waals surface area contributed by atoms with Gasteiger partial charge in [-0.1, -0.05) is 60.7 Å². The summed E-state index contributed by atoms with van der Waals surface area (Å²) in [7, 11) is 0. The van der Waals surface area contributed by atoms with Crippen LogP contribution in [0.5, 0.6) is 0 Å². The third-order valence-corrected chi connectivity index (χ3v) is 7.93. The second kappa shape index (κ2) is 6.25. The first-order chi connectivity index (χ1) is 16.4. The maximum atomic E-state index is 6.11. The Morgan fingerprint density at radius 3 is 2.24 bits per heavy atom. The Morgan fingerprint density at radius 1 is 0.545 bits per heavy atom. The molecule has 0 N–H and O–H groups in total. The predicted molar refractivity (Wildman–Crippen MR) is 141 cm³/mol. The van der Waals surface area contributed by atoms with Gasteiger partial charge in [0.05, 0.1) is 11.0 Å². The average Bonchev–Trinajstić information content (AvgIpc) is 3.52. The lowest BCUT2D eigenvalue weighted by Gasteiger charge is -2.09. The van der Waals surface area contributed by atoms with Crippen molar-refractivity contribution < 1.29 is 4.42 Å². The van der Waals surface area contributed by atoms with Gasteiger partial charge in [0.15, 0.2) is 0 Å². The summed E-state index contributed by atoms with van der Waals surface area (Å²) in [6, 6.07) is 36.9. The van der Waals surface area contributed by atoms with Crippen LogP contribution >= 0.6 is 11.3 Å². The average molecular weight is 440 g/mol. The molecule has 0 radical (unpaired) electrons. The fourth-order valence-electron chi connectivity index (χ4n) is 5.39. The highest BCUT2D eigenvalue weighted by Gasteiger charge is 2.18. The molecule has 0 unspecified atom stereocenters. The molecular weight excluding hydrogens is 422 g/mol. The van der Waals surface area contributed by atoms with Crippen molar-refractivity contribution in [3.63, 3.8) is 0 Å². The number of furan rings is 1. The minimum atomic E-state index is 0.923. The molecule has 8 aromatic rings. The van der Waals surface area contributed by atoms with Crippen LogP contribution in [-0.4, -0.2) is 4.57 Å². The van der Waals surface area contributed by atoms with Crippen molar-refractivity contribution in [3.05, 3.63) is 103 Å². The molecule has 0 atom stereocenters. The maximum Gasteiger partial charge on any atom is 0.135 e. The Hall–Kier alpha value is -4.08. The van der Waals surface area contributed by atoms with Gasteiger partial charge < -0.3 is 8.98 Å². The molecule has 0 aliphatic heterocycles. The van der Waals surface area contributed by atoms with Crippen LogP contribution < -0.4 is 0 Å². The number of hydrogen-bond acceptors (Lipinski definition) is 2. The van der Waals surface area contributed by atoms with Crippen molar-refractivity contribution >= 4 is 75.3 Å². The van der Waals surface area contributed by atoms with Crippen molar-refractivity contribution in [2.24, 2.45) is 0 Å². The van der Waals surface area contributed by atoms with Gasteiger partial charge in [0, 0.05) is 47.4 Å². The minimum absolute atomic E-state index is 0.923. The molecule has 33 heavy (non-hydrogen) atoms. The standard InChI is InChI=1S/C30H17NOS/c1-4-10-24-19(7-1)21-14-16-28-29(22-9-3-6-12-27(22)33-28)30(21)31(24)18-13-15-26-23(17-18)20-8-2-5-11-25(20)32-26/h1-17H. The van der Waals surface area contributed by atoms with Gasteiger partial charge in [0.25, 0.3) is 0 Å². The zero-order valence-electron chi connectivity index (χ0n) is 17.6. The zero-order valence-corrected chi connectivity index (χ0v) is 18.4. The first-order valence-corrected chi connectivity index (χ1v) is 11.9. The van der Waals surface area contributed by atoms with Crippen LogP contribution in [0.2, 0.25) is 0 Å². The number of aromatic nitrogens is 1. The minimum Gasteiger partial charge on any atom is -0.456 e. The lowest BCUT2D eigenvalue weighted by Crippen LogP contribution is -1.93. The van der Waals surface area contributed by atoms with Gasteiger partial charge in [-0.15, -0.1) is 11.3 Å². The van der Waals surface area contributed by atoms with Crippen LogP contribution in [-0.2, 0) is 0 Å². The Morgan fingerprint density at radius 2 is 1.30 bits per heavy atom. The highest BCUT2D eigenvalue weighted by Crippen LogP contribution is 2.43. The van der Waals surface area contributed by atoms with E-state index >= 15 is 0 Å². The third kappa shape index (κ3) is 2.27. The molecule has 3 aromatic heterocycles. The topological polar surface area (TPSA) is 18.1 Å². The predicted octanol–water partition coefficient (Wildman–Crippen LogP) is 9.05. The quantitative estimate of drug-likeness (QED) is 0.249. The lowest BCUT2D eigenvalue weighted by molar-refractivity contribution is 0.669. The number of hydrogen-bond donors (Lipinski definition) is 0. The third-order valence-electron chi connectivity index (χ3n) is 6.79. The van der Waals surface area contributed by atoms with Crippen molar-refractivity contribution in [3.8, 4) is 5.69 Å². The highest BCUT2D eigenvalue weighted by molar-refractivity contribution is 7.26. The smallest absolute Gasteiger partial charge is 0.135 e. The largest absolute Gasteiger partial charge is 0.456 e. The van der Waals surface area contributed by atoms with Crippen LogP contribution in [0.3, 0.4) is 0 Å². The number of nitrogens with zero attached hydrogens (tertiary/aromatic N) is 1. The molecule has 0 aliphatic carbocycles. The van der Waals surface area contributed by atoms with Gasteiger partial charge in [-0.3, -0.25) is 0 Å². The van der Waals surface area contributed by atoms with Crippen molar-refractivity contribution in [1.29, 1.82) is 0 Å². The fraction of sp³-hybridized carbons (Fsp3) is 0. The Balaban J connectivity index is 1.60. The summed E-state index contributed by atoms with van der Waals surface area (Å²) in [4.78, 5) is 0. The second-order valence-electron chi connectivity index (χ2n) is 8.56. The molecule has 2 nitrogen and oxygen atoms in total. The van der Waals surface area contributed by atoms with Crippen LogP contribution in [0.1, 0.15) is 0 Å². The molecule has 3 heteroatoms. The molecule has 0 fully saturated rings. The van der Waals surface area contributed by atoms with E-state index in [2.05, 4.69) is 95.6 Å². The summed E-state index contributed by atoms with van der Waals surface area (Å²) in [6.45, 7) is 0. The van der Waals surface area contributed by atoms with E-state index in [0.29, 0.717) is 0 Å². The van der Waals surface area contributed by atoms with Gasteiger partial charge in [0.2, 0.25) is 0 Å². The number of rotatable bonds is 1. The molecule has 154 valence electrons. The molecule has 0 aliphatic rings. The van der Waals surface area contributed by atoms with E-state index in [1.54, 1.807) is 0 Å². The van der Waals surface area contributed by atoms with E-state index in [1.807, 2.05) is 23.5 Å². The zero-order chi connectivity index (χ0) is 21.5. The monoisotopic (exact) mass is 439 g/mol. The fourth-order valence-corrected chi connectivity index (χ4v) is 6.49. The molecule has 0 amide bonds. The SMILES string of the molecule is c1ccc2c(c1)oc1ccc(-n3c4ccccc4c4ccc5sc6ccccc6c5c43)cc12. The summed E-state index contributed by atoms with van der Waals surface area (Å²) in [5.74, 6) is 0. The van der Waals surface area contributed by atoms with Crippen LogP contribution in [0.4, 0.5) is 0 Å². The van der Waals surface area contributed by atoms with Gasteiger partial charge in [0.1, 0.15) is 11.2 Å². The number of fused-ring (bicyclic) bond motifs is 10. The summed E-state index contributed by atoms with van der Waals surface area (Å²) >= 11 is 1.87. The van der Waals surface area contributed by atoms with Gasteiger partial charge in [-0.25, -0.2) is 0 Å². The first kappa shape index (κ1) is 17.5. The van der Waals surface area contributed by atoms with Crippen molar-refractivity contribution in [2.45, 2.75) is 0 Å². The normalized spacial score (nSPS) is 12.2. The van der Waals surface area contributed by atoms with E-state index in [-0.39, 0.29) is 0 Å².